The monoisotopic (exact) mass is 264 g/mol. The maximum Gasteiger partial charge on any atom is 0.126 e. The molecule has 3 heteroatoms. The number of fused-ring (bicyclic) bond motifs is 2. The number of thiazole rings is 1. The van der Waals surface area contributed by atoms with Gasteiger partial charge in [0.15, 0.2) is 0 Å². The lowest BCUT2D eigenvalue weighted by molar-refractivity contribution is 0.970. The van der Waals surface area contributed by atoms with E-state index in [1.807, 2.05) is 6.07 Å². The first-order valence-corrected chi connectivity index (χ1v) is 7.04. The Morgan fingerprint density at radius 3 is 2.68 bits per heavy atom. The van der Waals surface area contributed by atoms with Crippen LogP contribution in [0.25, 0.3) is 31.7 Å². The molecule has 0 fully saturated rings. The fourth-order valence-corrected chi connectivity index (χ4v) is 3.49. The summed E-state index contributed by atoms with van der Waals surface area (Å²) in [4.78, 5) is 4.75. The summed E-state index contributed by atoms with van der Waals surface area (Å²) in [7, 11) is 2.08. The van der Waals surface area contributed by atoms with Gasteiger partial charge in [-0.15, -0.1) is 11.3 Å². The van der Waals surface area contributed by atoms with Gasteiger partial charge >= 0.3 is 0 Å². The molecule has 0 aliphatic heterocycles. The number of aromatic nitrogens is 2. The highest BCUT2D eigenvalue weighted by atomic mass is 32.1. The molecule has 2 aromatic heterocycles. The zero-order valence-corrected chi connectivity index (χ0v) is 11.3. The number of benzene rings is 2. The minimum absolute atomic E-state index is 1.08. The molecule has 0 atom stereocenters. The largest absolute Gasteiger partial charge is 0.350 e. The van der Waals surface area contributed by atoms with Crippen LogP contribution in [0.3, 0.4) is 0 Å². The molecule has 4 rings (SSSR count). The lowest BCUT2D eigenvalue weighted by Gasteiger charge is -1.93. The first-order chi connectivity index (χ1) is 9.33. The minimum Gasteiger partial charge on any atom is -0.350 e. The van der Waals surface area contributed by atoms with Crippen LogP contribution in [-0.4, -0.2) is 9.55 Å². The SMILES string of the molecule is Cn1cc(-c2nc3ccccc3s2)c2ccccc21. The third-order valence-electron chi connectivity index (χ3n) is 3.42. The van der Waals surface area contributed by atoms with E-state index < -0.39 is 0 Å². The molecule has 92 valence electrons. The van der Waals surface area contributed by atoms with E-state index >= 15 is 0 Å². The lowest BCUT2D eigenvalue weighted by Crippen LogP contribution is -1.81. The second kappa shape index (κ2) is 3.93. The van der Waals surface area contributed by atoms with Crippen molar-refractivity contribution in [1.29, 1.82) is 0 Å². The Kier molecular flexibility index (Phi) is 2.23. The molecule has 0 amide bonds. The first-order valence-electron chi connectivity index (χ1n) is 6.23. The van der Waals surface area contributed by atoms with Crippen LogP contribution in [0.5, 0.6) is 0 Å². The van der Waals surface area contributed by atoms with E-state index in [4.69, 9.17) is 4.98 Å². The van der Waals surface area contributed by atoms with Gasteiger partial charge in [-0.05, 0) is 18.2 Å². The average Bonchev–Trinajstić information content (AvgIpc) is 3.01. The molecule has 0 aliphatic rings. The maximum atomic E-state index is 4.75. The highest BCUT2D eigenvalue weighted by Gasteiger charge is 2.12. The van der Waals surface area contributed by atoms with Crippen LogP contribution in [0.2, 0.25) is 0 Å². The fraction of sp³-hybridized carbons (Fsp3) is 0.0625. The standard InChI is InChI=1S/C16H12N2S/c1-18-10-12(11-6-2-4-8-14(11)18)16-17-13-7-3-5-9-15(13)19-16/h2-10H,1H3. The molecule has 0 spiro atoms. The molecule has 0 radical (unpaired) electrons. The van der Waals surface area contributed by atoms with E-state index in [0.717, 1.165) is 10.5 Å². The van der Waals surface area contributed by atoms with Crippen molar-refractivity contribution >= 4 is 32.5 Å². The summed E-state index contributed by atoms with van der Waals surface area (Å²) in [5.74, 6) is 0. The molecule has 0 saturated heterocycles. The van der Waals surface area contributed by atoms with E-state index in [0.29, 0.717) is 0 Å². The minimum atomic E-state index is 1.08. The van der Waals surface area contributed by atoms with Gasteiger partial charge in [0.1, 0.15) is 5.01 Å². The van der Waals surface area contributed by atoms with Crippen LogP contribution >= 0.6 is 11.3 Å². The lowest BCUT2D eigenvalue weighted by atomic mass is 10.2. The molecule has 0 unspecified atom stereocenters. The van der Waals surface area contributed by atoms with Crippen molar-refractivity contribution in [1.82, 2.24) is 9.55 Å². The van der Waals surface area contributed by atoms with E-state index in [9.17, 15) is 0 Å². The topological polar surface area (TPSA) is 17.8 Å². The van der Waals surface area contributed by atoms with Crippen LogP contribution in [0, 0.1) is 0 Å². The number of aryl methyl sites for hydroxylation is 1. The summed E-state index contributed by atoms with van der Waals surface area (Å²) < 4.78 is 3.40. The molecule has 0 saturated carbocycles. The zero-order valence-electron chi connectivity index (χ0n) is 10.5. The summed E-state index contributed by atoms with van der Waals surface area (Å²) in [5.41, 5.74) is 3.55. The van der Waals surface area contributed by atoms with Crippen molar-refractivity contribution in [2.45, 2.75) is 0 Å². The molecular formula is C16H12N2S. The highest BCUT2D eigenvalue weighted by molar-refractivity contribution is 7.21. The molecule has 2 heterocycles. The van der Waals surface area contributed by atoms with Gasteiger partial charge in [0.25, 0.3) is 0 Å². The van der Waals surface area contributed by atoms with Gasteiger partial charge in [-0.1, -0.05) is 30.3 Å². The second-order valence-corrected chi connectivity index (χ2v) is 5.69. The average molecular weight is 264 g/mol. The van der Waals surface area contributed by atoms with Crippen molar-refractivity contribution in [3.05, 3.63) is 54.7 Å². The Morgan fingerprint density at radius 2 is 1.79 bits per heavy atom. The fourth-order valence-electron chi connectivity index (χ4n) is 2.50. The third-order valence-corrected chi connectivity index (χ3v) is 4.49. The second-order valence-electron chi connectivity index (χ2n) is 4.66. The van der Waals surface area contributed by atoms with Gasteiger partial charge in [-0.25, -0.2) is 4.98 Å². The molecule has 19 heavy (non-hydrogen) atoms. The van der Waals surface area contributed by atoms with Crippen LogP contribution in [0.15, 0.2) is 54.7 Å². The van der Waals surface area contributed by atoms with Gasteiger partial charge in [-0.3, -0.25) is 0 Å². The predicted molar refractivity (Wildman–Crippen MR) is 81.5 cm³/mol. The van der Waals surface area contributed by atoms with Gasteiger partial charge in [0, 0.05) is 29.7 Å². The van der Waals surface area contributed by atoms with Crippen LogP contribution in [-0.2, 0) is 7.05 Å². The van der Waals surface area contributed by atoms with Crippen LogP contribution < -0.4 is 0 Å². The number of hydrogen-bond acceptors (Lipinski definition) is 2. The molecular weight excluding hydrogens is 252 g/mol. The molecule has 0 aliphatic carbocycles. The summed E-state index contributed by atoms with van der Waals surface area (Å²) in [5, 5.41) is 2.36. The number of hydrogen-bond donors (Lipinski definition) is 0. The van der Waals surface area contributed by atoms with Gasteiger partial charge in [-0.2, -0.15) is 0 Å². The number of nitrogens with zero attached hydrogens (tertiary/aromatic N) is 2. The highest BCUT2D eigenvalue weighted by Crippen LogP contribution is 2.35. The van der Waals surface area contributed by atoms with Crippen molar-refractivity contribution < 1.29 is 0 Å². The van der Waals surface area contributed by atoms with Crippen molar-refractivity contribution in [3.8, 4) is 10.6 Å². The quantitative estimate of drug-likeness (QED) is 0.496. The van der Waals surface area contributed by atoms with E-state index in [-0.39, 0.29) is 0 Å². The summed E-state index contributed by atoms with van der Waals surface area (Å²) in [6.07, 6.45) is 2.17. The van der Waals surface area contributed by atoms with Crippen LogP contribution in [0.4, 0.5) is 0 Å². The Morgan fingerprint density at radius 1 is 1.00 bits per heavy atom. The molecule has 0 N–H and O–H groups in total. The maximum absolute atomic E-state index is 4.75. The summed E-state index contributed by atoms with van der Waals surface area (Å²) >= 11 is 1.75. The Balaban J connectivity index is 2.04. The predicted octanol–water partition coefficient (Wildman–Crippen LogP) is 4.46. The summed E-state index contributed by atoms with van der Waals surface area (Å²) in [6.45, 7) is 0. The molecule has 2 aromatic carbocycles. The first kappa shape index (κ1) is 10.8. The molecule has 0 bridgehead atoms. The Bertz CT molecular complexity index is 853. The van der Waals surface area contributed by atoms with Crippen molar-refractivity contribution in [2.75, 3.05) is 0 Å². The van der Waals surface area contributed by atoms with E-state index in [2.05, 4.69) is 60.3 Å². The Labute approximate surface area is 114 Å². The number of rotatable bonds is 1. The molecule has 4 aromatic rings. The Hall–Kier alpha value is -2.13. The number of para-hydroxylation sites is 2. The van der Waals surface area contributed by atoms with Gasteiger partial charge < -0.3 is 4.57 Å². The van der Waals surface area contributed by atoms with Crippen molar-refractivity contribution in [2.24, 2.45) is 7.05 Å². The van der Waals surface area contributed by atoms with Crippen molar-refractivity contribution in [3.63, 3.8) is 0 Å². The van der Waals surface area contributed by atoms with Gasteiger partial charge in [0.2, 0.25) is 0 Å². The summed E-state index contributed by atoms with van der Waals surface area (Å²) in [6, 6.07) is 16.8. The normalized spacial score (nSPS) is 11.4. The third kappa shape index (κ3) is 1.59. The van der Waals surface area contributed by atoms with E-state index in [1.165, 1.54) is 21.2 Å². The van der Waals surface area contributed by atoms with E-state index in [1.54, 1.807) is 11.3 Å². The van der Waals surface area contributed by atoms with Gasteiger partial charge in [0.05, 0.1) is 10.2 Å². The van der Waals surface area contributed by atoms with Crippen LogP contribution in [0.1, 0.15) is 0 Å². The smallest absolute Gasteiger partial charge is 0.126 e. The molecule has 2 nitrogen and oxygen atoms in total. The zero-order chi connectivity index (χ0) is 12.8.